The summed E-state index contributed by atoms with van der Waals surface area (Å²) in [5.41, 5.74) is 2.77. The molecule has 0 bridgehead atoms. The second-order valence-electron chi connectivity index (χ2n) is 4.20. The van der Waals surface area contributed by atoms with E-state index in [1.165, 1.54) is 5.56 Å². The molecule has 3 nitrogen and oxygen atoms in total. The summed E-state index contributed by atoms with van der Waals surface area (Å²) in [6, 6.07) is 11.6. The summed E-state index contributed by atoms with van der Waals surface area (Å²) in [6.07, 6.45) is 1.14. The molecule has 0 amide bonds. The first-order valence-electron chi connectivity index (χ1n) is 5.65. The average Bonchev–Trinajstić information content (AvgIpc) is 2.78. The normalized spacial score (nSPS) is 11.6. The van der Waals surface area contributed by atoms with Crippen LogP contribution in [0.3, 0.4) is 0 Å². The molecule has 1 aromatic heterocycles. The molecule has 92 valence electrons. The summed E-state index contributed by atoms with van der Waals surface area (Å²) in [7, 11) is 0. The van der Waals surface area contributed by atoms with E-state index in [0.717, 1.165) is 17.4 Å². The molecule has 3 heteroatoms. The Hall–Kier alpha value is -2.29. The van der Waals surface area contributed by atoms with Crippen molar-refractivity contribution in [3.8, 4) is 11.3 Å². The number of aliphatic carboxylic acids is 1. The van der Waals surface area contributed by atoms with Crippen LogP contribution in [0.1, 0.15) is 18.2 Å². The van der Waals surface area contributed by atoms with Gasteiger partial charge in [-0.3, -0.25) is 0 Å². The molecule has 0 fully saturated rings. The molecule has 0 atom stereocenters. The lowest BCUT2D eigenvalue weighted by atomic mass is 10.1. The van der Waals surface area contributed by atoms with E-state index < -0.39 is 5.97 Å². The minimum atomic E-state index is -0.971. The van der Waals surface area contributed by atoms with Crippen LogP contribution in [0.2, 0.25) is 0 Å². The van der Waals surface area contributed by atoms with Crippen molar-refractivity contribution in [2.45, 2.75) is 13.8 Å². The average molecular weight is 242 g/mol. The van der Waals surface area contributed by atoms with Gasteiger partial charge in [0.25, 0.3) is 0 Å². The Kier molecular flexibility index (Phi) is 3.33. The molecule has 2 aromatic rings. The smallest absolute Gasteiger partial charge is 0.328 e. The topological polar surface area (TPSA) is 50.4 Å². The monoisotopic (exact) mass is 242 g/mol. The Labute approximate surface area is 105 Å². The summed E-state index contributed by atoms with van der Waals surface area (Å²) in [4.78, 5) is 10.6. The molecule has 0 radical (unpaired) electrons. The standard InChI is InChI=1S/C15H14O3/c1-10-3-5-12(6-4-10)14-8-7-13(18-14)11(2)9-15(16)17/h3-9H,1-2H3,(H,16,17)/b11-9+. The highest BCUT2D eigenvalue weighted by Crippen LogP contribution is 2.25. The van der Waals surface area contributed by atoms with Gasteiger partial charge < -0.3 is 9.52 Å². The number of hydrogen-bond acceptors (Lipinski definition) is 2. The summed E-state index contributed by atoms with van der Waals surface area (Å²) in [5.74, 6) is 0.344. The fourth-order valence-corrected chi connectivity index (χ4v) is 1.68. The number of benzene rings is 1. The van der Waals surface area contributed by atoms with Gasteiger partial charge in [0.15, 0.2) is 0 Å². The number of hydrogen-bond donors (Lipinski definition) is 1. The van der Waals surface area contributed by atoms with Crippen molar-refractivity contribution >= 4 is 11.5 Å². The molecule has 0 saturated carbocycles. The SMILES string of the molecule is C/C(=C\C(=O)O)c1ccc(-c2ccc(C)cc2)o1. The van der Waals surface area contributed by atoms with Gasteiger partial charge in [-0.05, 0) is 31.6 Å². The third-order valence-corrected chi connectivity index (χ3v) is 2.67. The molecule has 18 heavy (non-hydrogen) atoms. The van der Waals surface area contributed by atoms with Gasteiger partial charge in [0.2, 0.25) is 0 Å². The summed E-state index contributed by atoms with van der Waals surface area (Å²) in [5, 5.41) is 8.68. The highest BCUT2D eigenvalue weighted by molar-refractivity contribution is 5.88. The Morgan fingerprint density at radius 2 is 1.83 bits per heavy atom. The zero-order valence-electron chi connectivity index (χ0n) is 10.3. The number of allylic oxidation sites excluding steroid dienone is 1. The van der Waals surface area contributed by atoms with Crippen LogP contribution in [0.15, 0.2) is 46.9 Å². The number of carboxylic acid groups (broad SMARTS) is 1. The van der Waals surface area contributed by atoms with E-state index in [4.69, 9.17) is 9.52 Å². The lowest BCUT2D eigenvalue weighted by Gasteiger charge is -1.98. The Bertz CT molecular complexity index is 588. The molecule has 0 saturated heterocycles. The summed E-state index contributed by atoms with van der Waals surface area (Å²) < 4.78 is 5.64. The third-order valence-electron chi connectivity index (χ3n) is 2.67. The Morgan fingerprint density at radius 1 is 1.17 bits per heavy atom. The number of carbonyl (C=O) groups is 1. The van der Waals surface area contributed by atoms with E-state index in [9.17, 15) is 4.79 Å². The van der Waals surface area contributed by atoms with Gasteiger partial charge in [0.05, 0.1) is 0 Å². The predicted molar refractivity (Wildman–Crippen MR) is 70.2 cm³/mol. The van der Waals surface area contributed by atoms with Gasteiger partial charge in [-0.15, -0.1) is 0 Å². The van der Waals surface area contributed by atoms with Crippen molar-refractivity contribution in [3.05, 3.63) is 53.8 Å². The molecule has 0 spiro atoms. The molecule has 0 unspecified atom stereocenters. The van der Waals surface area contributed by atoms with Gasteiger partial charge in [-0.2, -0.15) is 0 Å². The van der Waals surface area contributed by atoms with Gasteiger partial charge in [-0.25, -0.2) is 4.79 Å². The van der Waals surface area contributed by atoms with Crippen LogP contribution in [0, 0.1) is 6.92 Å². The Balaban J connectivity index is 2.31. The van der Waals surface area contributed by atoms with Crippen molar-refractivity contribution < 1.29 is 14.3 Å². The minimum Gasteiger partial charge on any atom is -0.478 e. The van der Waals surface area contributed by atoms with Gasteiger partial charge in [0, 0.05) is 11.6 Å². The van der Waals surface area contributed by atoms with Crippen molar-refractivity contribution in [1.82, 2.24) is 0 Å². The van der Waals surface area contributed by atoms with Crippen LogP contribution in [-0.2, 0) is 4.79 Å². The van der Waals surface area contributed by atoms with Crippen LogP contribution >= 0.6 is 0 Å². The highest BCUT2D eigenvalue weighted by Gasteiger charge is 2.07. The fourth-order valence-electron chi connectivity index (χ4n) is 1.68. The fraction of sp³-hybridized carbons (Fsp3) is 0.133. The molecule has 1 aromatic carbocycles. The van der Waals surface area contributed by atoms with Crippen LogP contribution in [0.25, 0.3) is 16.9 Å². The highest BCUT2D eigenvalue weighted by atomic mass is 16.4. The summed E-state index contributed by atoms with van der Waals surface area (Å²) in [6.45, 7) is 3.74. The van der Waals surface area contributed by atoms with Crippen LogP contribution in [-0.4, -0.2) is 11.1 Å². The van der Waals surface area contributed by atoms with Crippen LogP contribution in [0.4, 0.5) is 0 Å². The van der Waals surface area contributed by atoms with Crippen molar-refractivity contribution in [2.24, 2.45) is 0 Å². The first kappa shape index (κ1) is 12.2. The van der Waals surface area contributed by atoms with Crippen LogP contribution < -0.4 is 0 Å². The lowest BCUT2D eigenvalue weighted by molar-refractivity contribution is -0.131. The Morgan fingerprint density at radius 3 is 2.44 bits per heavy atom. The number of aryl methyl sites for hydroxylation is 1. The van der Waals surface area contributed by atoms with Crippen molar-refractivity contribution in [3.63, 3.8) is 0 Å². The second-order valence-corrected chi connectivity index (χ2v) is 4.20. The number of carboxylic acids is 1. The maximum absolute atomic E-state index is 10.6. The quantitative estimate of drug-likeness (QED) is 0.834. The van der Waals surface area contributed by atoms with E-state index in [1.54, 1.807) is 13.0 Å². The molecule has 1 heterocycles. The van der Waals surface area contributed by atoms with Gasteiger partial charge >= 0.3 is 5.97 Å². The van der Waals surface area contributed by atoms with Gasteiger partial charge in [-0.1, -0.05) is 29.8 Å². The second kappa shape index (κ2) is 4.92. The molecule has 0 aliphatic rings. The van der Waals surface area contributed by atoms with E-state index in [-0.39, 0.29) is 0 Å². The van der Waals surface area contributed by atoms with Crippen LogP contribution in [0.5, 0.6) is 0 Å². The molecule has 1 N–H and O–H groups in total. The molecule has 2 rings (SSSR count). The first-order chi connectivity index (χ1) is 8.56. The maximum atomic E-state index is 10.6. The number of rotatable bonds is 3. The maximum Gasteiger partial charge on any atom is 0.328 e. The van der Waals surface area contributed by atoms with Gasteiger partial charge in [0.1, 0.15) is 11.5 Å². The van der Waals surface area contributed by atoms with Crippen molar-refractivity contribution in [2.75, 3.05) is 0 Å². The van der Waals surface area contributed by atoms with E-state index in [1.807, 2.05) is 37.3 Å². The predicted octanol–water partition coefficient (Wildman–Crippen LogP) is 3.74. The molecular formula is C15H14O3. The van der Waals surface area contributed by atoms with E-state index in [2.05, 4.69) is 0 Å². The minimum absolute atomic E-state index is 0.577. The lowest BCUT2D eigenvalue weighted by Crippen LogP contribution is -1.88. The summed E-state index contributed by atoms with van der Waals surface area (Å²) >= 11 is 0. The molecule has 0 aliphatic carbocycles. The van der Waals surface area contributed by atoms with E-state index >= 15 is 0 Å². The number of furan rings is 1. The first-order valence-corrected chi connectivity index (χ1v) is 5.65. The molecule has 0 aliphatic heterocycles. The zero-order valence-corrected chi connectivity index (χ0v) is 10.3. The molecular weight excluding hydrogens is 228 g/mol. The zero-order chi connectivity index (χ0) is 13.1. The van der Waals surface area contributed by atoms with Crippen molar-refractivity contribution in [1.29, 1.82) is 0 Å². The third kappa shape index (κ3) is 2.69. The largest absolute Gasteiger partial charge is 0.478 e. The van der Waals surface area contributed by atoms with E-state index in [0.29, 0.717) is 11.3 Å².